The second-order valence-electron chi connectivity index (χ2n) is 41.8. The van der Waals surface area contributed by atoms with Gasteiger partial charge >= 0.3 is 60.6 Å². The van der Waals surface area contributed by atoms with Gasteiger partial charge in [-0.2, -0.15) is 0 Å². The number of carbonyl (C=O) groups excluding carboxylic acids is 4. The van der Waals surface area contributed by atoms with E-state index < -0.39 is 129 Å². The number of carboxylic acid groups (broad SMARTS) is 3. The number of nitrogens with two attached hydrogens (primary N) is 1. The standard InChI is InChI=1S/C26H45BFNO4Si.C20H33BrFNO2Si.C15H21BrFNO2.C8H19N.C7H4BrFO3.C7H4F2O2.C7H5FO3.C5H10N2O.Na.H2O/c1-23(2,3)17-24(4,5)29-22(30)18-15-19(27-32-25(6,7)26(8,9)33-27)20(28)16-21(18)31-13-12-14-34(10)11;1-19(2,3)13-20(4,5)23-18(24)14-11-15(21)16(22)12-17(14)25-9-8-10-26(6)7;1-14(2,3)8-15(4,5)18-13(20)9-6-10(16)11(17)7-12(9)19;1-7(2,3)6-8(4,5)9;8-4-1-3(7(11)12)6(10)2-5(4)9;2*8-4-1-2-5(7(10)11)6(9)3-4;1-6-3-4-7(2)5(6)8;;/h15-16,34H,12-14,17H2,1-11H3,(H,29,30);11-12,26H,8-10,13H2,1-7H3,(H,23,24);6-7,19H,8H2,1-5H3,(H,18,20);6,9H2,1-5H3;1-2,10H,(H,11,12);1-3H,(H,10,11);1-3,9H,(H,10,11);3-4H2,1-2H3;;1H2/q;;;;;;;;+1;/p-1. The first kappa shape index (κ1) is 128. The number of hydrogen-bond acceptors (Lipinski definition) is 16. The second kappa shape index (κ2) is 54.2. The van der Waals surface area contributed by atoms with Crippen LogP contribution in [0.2, 0.25) is 38.3 Å². The van der Waals surface area contributed by atoms with Crippen molar-refractivity contribution in [2.75, 3.05) is 40.4 Å². The number of phenolic OH excluding ortho intramolecular Hbond substituents is 1. The van der Waals surface area contributed by atoms with Crippen LogP contribution in [-0.4, -0.2) is 186 Å². The maximum atomic E-state index is 15.3. The van der Waals surface area contributed by atoms with Gasteiger partial charge in [0.1, 0.15) is 80.6 Å². The molecule has 6 aromatic rings. The molecule has 0 spiro atoms. The second-order valence-corrected chi connectivity index (χ2v) is 51.1. The largest absolute Gasteiger partial charge is 1.00 e. The molecule has 0 unspecified atom stereocenters. The van der Waals surface area contributed by atoms with Gasteiger partial charge in [0.05, 0.1) is 60.1 Å². The number of ether oxygens (including phenoxy) is 2. The van der Waals surface area contributed by atoms with Crippen molar-refractivity contribution in [3.63, 3.8) is 0 Å². The molecular formula is C95H142BBr3F7N6NaO18Si2. The van der Waals surface area contributed by atoms with Crippen molar-refractivity contribution in [2.24, 2.45) is 27.4 Å². The van der Waals surface area contributed by atoms with Crippen molar-refractivity contribution in [3.05, 3.63) is 172 Å². The SMILES string of the molecule is CC(C)(C)CC(C)(C)N.CC(C)(C)CC(C)(C)NC(=O)c1cc(Br)c(F)cc1O.CN1CCN(C)C1=O.C[SiH](C)CCCOc1cc(F)c(B2OC(C)(C)C(C)(C)O2)cc1C(=O)NC(C)(C)CC(C)(C)C.C[SiH](C)CCCOc1cc(F)c(Br)cc1C(=O)NC(C)(C)CC(C)(C)C.O=C(O)c1cc(Br)c(F)cc1O.O=C(O)c1ccc(F)cc1F.O=C(O)c1ccc(F)cc1O.[Na+].[OH-]. The molecule has 0 radical (unpaired) electrons. The predicted molar refractivity (Wildman–Crippen MR) is 522 cm³/mol. The summed E-state index contributed by atoms with van der Waals surface area (Å²) in [6.45, 7) is 61.3. The van der Waals surface area contributed by atoms with E-state index in [1.54, 1.807) is 9.80 Å². The van der Waals surface area contributed by atoms with Gasteiger partial charge < -0.3 is 86.4 Å². The van der Waals surface area contributed by atoms with E-state index in [9.17, 15) is 65.0 Å². The van der Waals surface area contributed by atoms with Gasteiger partial charge in [0, 0.05) is 109 Å². The average molecular weight is 2120 g/mol. The maximum Gasteiger partial charge on any atom is 1.00 e. The molecule has 8 rings (SSSR count). The number of urea groups is 1. The molecule has 5 amide bonds. The van der Waals surface area contributed by atoms with Gasteiger partial charge in [-0.15, -0.1) is 0 Å². The molecule has 2 heterocycles. The third-order valence-electron chi connectivity index (χ3n) is 19.1. The van der Waals surface area contributed by atoms with E-state index in [0.29, 0.717) is 41.6 Å². The number of phenols is 3. The Hall–Kier alpha value is -7.30. The van der Waals surface area contributed by atoms with Gasteiger partial charge in [-0.05, 0) is 240 Å². The third kappa shape index (κ3) is 49.0. The fourth-order valence-corrected chi connectivity index (χ4v) is 17.3. The van der Waals surface area contributed by atoms with E-state index in [1.165, 1.54) is 36.4 Å². The van der Waals surface area contributed by atoms with Crippen molar-refractivity contribution in [2.45, 2.75) is 276 Å². The third-order valence-corrected chi connectivity index (χ3v) is 24.0. The minimum Gasteiger partial charge on any atom is -0.870 e. The van der Waals surface area contributed by atoms with Crippen LogP contribution in [0.25, 0.3) is 0 Å². The first-order valence-electron chi connectivity index (χ1n) is 42.9. The van der Waals surface area contributed by atoms with Gasteiger partial charge in [-0.1, -0.05) is 121 Å². The van der Waals surface area contributed by atoms with Crippen LogP contribution in [-0.2, 0) is 9.31 Å². The number of hydrogen-bond donors (Lipinski definition) is 10. The Morgan fingerprint density at radius 2 is 0.744 bits per heavy atom. The number of nitrogens with one attached hydrogen (secondary N) is 3. The van der Waals surface area contributed by atoms with Crippen molar-refractivity contribution in [3.8, 4) is 28.7 Å². The summed E-state index contributed by atoms with van der Waals surface area (Å²) in [7, 11) is 1.38. The molecule has 12 N–H and O–H groups in total. The summed E-state index contributed by atoms with van der Waals surface area (Å²) in [4.78, 5) is 83.5. The first-order chi connectivity index (χ1) is 59.2. The smallest absolute Gasteiger partial charge is 0.870 e. The van der Waals surface area contributed by atoms with Gasteiger partial charge in [0.25, 0.3) is 17.7 Å². The number of likely N-dealkylation sites (N-methyl/N-ethyl adjacent to an activating group) is 2. The molecule has 742 valence electrons. The maximum absolute atomic E-state index is 15.3. The summed E-state index contributed by atoms with van der Waals surface area (Å²) in [6, 6.07) is 17.1. The minimum absolute atomic E-state index is 0. The molecule has 2 saturated heterocycles. The number of halogens is 10. The molecule has 2 aliphatic heterocycles. The molecule has 133 heavy (non-hydrogen) atoms. The van der Waals surface area contributed by atoms with Crippen molar-refractivity contribution in [1.29, 1.82) is 0 Å². The van der Waals surface area contributed by atoms with E-state index in [4.69, 9.17) is 50.0 Å². The van der Waals surface area contributed by atoms with Crippen LogP contribution < -0.4 is 66.2 Å². The van der Waals surface area contributed by atoms with E-state index >= 15 is 4.39 Å². The molecule has 2 aliphatic rings. The average Bonchev–Trinajstić information content (AvgIpc) is 1.61. The van der Waals surface area contributed by atoms with Crippen LogP contribution in [0.5, 0.6) is 28.7 Å². The number of rotatable bonds is 24. The quantitative estimate of drug-likeness (QED) is 0.0153. The van der Waals surface area contributed by atoms with Crippen molar-refractivity contribution in [1.82, 2.24) is 25.8 Å². The van der Waals surface area contributed by atoms with Crippen LogP contribution in [0.3, 0.4) is 0 Å². The van der Waals surface area contributed by atoms with Crippen molar-refractivity contribution < 1.29 is 149 Å². The molecule has 6 aromatic carbocycles. The van der Waals surface area contributed by atoms with Crippen LogP contribution in [0.1, 0.15) is 267 Å². The zero-order chi connectivity index (χ0) is 102. The molecule has 0 bridgehead atoms. The number of aromatic hydroxyl groups is 3. The first-order valence-corrected chi connectivity index (χ1v) is 51.5. The van der Waals surface area contributed by atoms with Gasteiger partial charge in [0.2, 0.25) is 0 Å². The minimum atomic E-state index is -1.40. The Labute approximate surface area is 833 Å². The Morgan fingerprint density at radius 3 is 1.05 bits per heavy atom. The Balaban J connectivity index is 0. The fraction of sp³-hybridized carbons (Fsp3) is 0.547. The summed E-state index contributed by atoms with van der Waals surface area (Å²) in [5, 5.41) is 61.7. The molecule has 2 fully saturated rings. The monoisotopic (exact) mass is 2110 g/mol. The summed E-state index contributed by atoms with van der Waals surface area (Å²) < 4.78 is 116. The fourth-order valence-electron chi connectivity index (χ4n) is 14.4. The van der Waals surface area contributed by atoms with E-state index in [-0.39, 0.29) is 127 Å². The molecule has 0 aromatic heterocycles. The number of carbonyl (C=O) groups is 7. The van der Waals surface area contributed by atoms with E-state index in [1.807, 2.05) is 83.3 Å². The molecule has 0 atom stereocenters. The Morgan fingerprint density at radius 1 is 0.444 bits per heavy atom. The van der Waals surface area contributed by atoms with Gasteiger partial charge in [-0.25, -0.2) is 49.9 Å². The summed E-state index contributed by atoms with van der Waals surface area (Å²) in [5.41, 5.74) is 3.63. The number of aromatic carboxylic acids is 3. The molecule has 0 saturated carbocycles. The number of benzene rings is 6. The predicted octanol–water partition coefficient (Wildman–Crippen LogP) is 19.2. The topological polar surface area (TPSA) is 376 Å². The van der Waals surface area contributed by atoms with Gasteiger partial charge in [0.15, 0.2) is 0 Å². The number of nitrogens with zero attached hydrogens (tertiary/aromatic N) is 2. The number of amides is 5. The number of carboxylic acids is 3. The Bertz CT molecular complexity index is 4750. The zero-order valence-electron chi connectivity index (χ0n) is 83.2. The Kier molecular flexibility index (Phi) is 52.0. The van der Waals surface area contributed by atoms with E-state index in [0.717, 1.165) is 106 Å². The van der Waals surface area contributed by atoms with Crippen LogP contribution in [0.15, 0.2) is 98.3 Å². The summed E-state index contributed by atoms with van der Waals surface area (Å²) >= 11 is 8.98. The summed E-state index contributed by atoms with van der Waals surface area (Å²) in [6.07, 6.45) is 5.27. The van der Waals surface area contributed by atoms with Crippen LogP contribution >= 0.6 is 47.8 Å². The van der Waals surface area contributed by atoms with Gasteiger partial charge in [-0.3, -0.25) is 14.4 Å². The van der Waals surface area contributed by atoms with Crippen molar-refractivity contribution >= 4 is 120 Å². The van der Waals surface area contributed by atoms with Crippen LogP contribution in [0.4, 0.5) is 35.5 Å². The van der Waals surface area contributed by atoms with Crippen LogP contribution in [0, 0.1) is 62.4 Å². The molecular weight excluding hydrogens is 1980 g/mol. The molecule has 24 nitrogen and oxygen atoms in total. The summed E-state index contributed by atoms with van der Waals surface area (Å²) in [5.74, 6) is -10.6. The normalized spacial score (nSPS) is 13.5. The molecule has 38 heteroatoms. The molecule has 0 aliphatic carbocycles. The van der Waals surface area contributed by atoms with E-state index in [2.05, 4.69) is 187 Å². The zero-order valence-corrected chi connectivity index (χ0v) is 92.2.